The molecule has 3 rings (SSSR count). The van der Waals surface area contributed by atoms with E-state index in [1.165, 1.54) is 37.8 Å². The number of hydrogen-bond acceptors (Lipinski definition) is 2. The van der Waals surface area contributed by atoms with Crippen molar-refractivity contribution in [2.24, 2.45) is 5.92 Å². The van der Waals surface area contributed by atoms with Crippen LogP contribution >= 0.6 is 12.4 Å². The van der Waals surface area contributed by atoms with Crippen molar-refractivity contribution in [3.63, 3.8) is 0 Å². The number of carbonyl (C=O) groups excluding carboxylic acids is 1. The van der Waals surface area contributed by atoms with E-state index < -0.39 is 0 Å². The van der Waals surface area contributed by atoms with Crippen LogP contribution in [-0.2, 0) is 11.2 Å². The van der Waals surface area contributed by atoms with Gasteiger partial charge in [-0.15, -0.1) is 12.4 Å². The molecule has 122 valence electrons. The number of carbonyl (C=O) groups is 1. The van der Waals surface area contributed by atoms with Gasteiger partial charge in [-0.3, -0.25) is 4.79 Å². The van der Waals surface area contributed by atoms with E-state index in [1.807, 2.05) is 0 Å². The fourth-order valence-corrected chi connectivity index (χ4v) is 3.63. The van der Waals surface area contributed by atoms with Gasteiger partial charge in [-0.25, -0.2) is 4.39 Å². The predicted molar refractivity (Wildman–Crippen MR) is 87.6 cm³/mol. The molecule has 1 saturated carbocycles. The first-order chi connectivity index (χ1) is 10.2. The summed E-state index contributed by atoms with van der Waals surface area (Å²) < 4.78 is 12.8. The van der Waals surface area contributed by atoms with E-state index >= 15 is 0 Å². The van der Waals surface area contributed by atoms with Crippen LogP contribution in [0.5, 0.6) is 0 Å². The first-order valence-electron chi connectivity index (χ1n) is 8.00. The fourth-order valence-electron chi connectivity index (χ4n) is 3.63. The van der Waals surface area contributed by atoms with Crippen molar-refractivity contribution < 1.29 is 9.18 Å². The van der Waals surface area contributed by atoms with E-state index in [2.05, 4.69) is 10.6 Å². The molecule has 3 nitrogen and oxygen atoms in total. The van der Waals surface area contributed by atoms with Gasteiger partial charge in [-0.05, 0) is 49.3 Å². The molecule has 1 amide bonds. The van der Waals surface area contributed by atoms with Crippen molar-refractivity contribution in [2.75, 3.05) is 6.54 Å². The Kier molecular flexibility index (Phi) is 6.21. The van der Waals surface area contributed by atoms with Crippen molar-refractivity contribution in [3.8, 4) is 0 Å². The third-order valence-corrected chi connectivity index (χ3v) is 4.81. The molecule has 0 bridgehead atoms. The van der Waals surface area contributed by atoms with Gasteiger partial charge in [0.1, 0.15) is 5.82 Å². The van der Waals surface area contributed by atoms with E-state index in [4.69, 9.17) is 0 Å². The number of hydrogen-bond donors (Lipinski definition) is 2. The number of nitrogens with one attached hydrogen (secondary N) is 2. The minimum Gasteiger partial charge on any atom is -0.354 e. The van der Waals surface area contributed by atoms with E-state index in [-0.39, 0.29) is 30.2 Å². The molecule has 2 N–H and O–H groups in total. The summed E-state index contributed by atoms with van der Waals surface area (Å²) >= 11 is 0. The molecule has 3 unspecified atom stereocenters. The molecule has 2 fully saturated rings. The zero-order valence-electron chi connectivity index (χ0n) is 12.7. The van der Waals surface area contributed by atoms with Gasteiger partial charge in [-0.1, -0.05) is 25.0 Å². The molecule has 3 atom stereocenters. The smallest absolute Gasteiger partial charge is 0.237 e. The topological polar surface area (TPSA) is 41.1 Å². The zero-order chi connectivity index (χ0) is 14.7. The Morgan fingerprint density at radius 2 is 1.95 bits per heavy atom. The molecular weight excluding hydrogens is 303 g/mol. The standard InChI is InChI=1S/C17H23FN2O.ClH/c18-14-7-5-12(6-8-14)9-10-19-17(21)16-11-13-3-1-2-4-15(13)20-16;/h5-8,13,15-16,20H,1-4,9-11H2,(H,19,21);1H. The molecule has 0 radical (unpaired) electrons. The van der Waals surface area contributed by atoms with Gasteiger partial charge in [0, 0.05) is 12.6 Å². The van der Waals surface area contributed by atoms with Crippen LogP contribution in [0.3, 0.4) is 0 Å². The molecule has 2 aliphatic rings. The summed E-state index contributed by atoms with van der Waals surface area (Å²) in [5.41, 5.74) is 1.05. The molecule has 5 heteroatoms. The number of benzene rings is 1. The van der Waals surface area contributed by atoms with E-state index in [0.717, 1.165) is 18.4 Å². The monoisotopic (exact) mass is 326 g/mol. The third-order valence-electron chi connectivity index (χ3n) is 4.81. The minimum absolute atomic E-state index is 0. The average Bonchev–Trinajstić information content (AvgIpc) is 2.93. The molecule has 22 heavy (non-hydrogen) atoms. The van der Waals surface area contributed by atoms with Gasteiger partial charge < -0.3 is 10.6 Å². The Bertz CT molecular complexity index is 480. The van der Waals surface area contributed by atoms with Crippen molar-refractivity contribution in [1.29, 1.82) is 0 Å². The molecule has 1 aromatic carbocycles. The first kappa shape index (κ1) is 17.2. The van der Waals surface area contributed by atoms with E-state index in [9.17, 15) is 9.18 Å². The Balaban J connectivity index is 0.00000176. The van der Waals surface area contributed by atoms with Crippen LogP contribution in [0.2, 0.25) is 0 Å². The Hall–Kier alpha value is -1.13. The second-order valence-corrected chi connectivity index (χ2v) is 6.27. The van der Waals surface area contributed by atoms with Gasteiger partial charge >= 0.3 is 0 Å². The summed E-state index contributed by atoms with van der Waals surface area (Å²) in [4.78, 5) is 12.2. The van der Waals surface area contributed by atoms with Crippen LogP contribution < -0.4 is 10.6 Å². The fraction of sp³-hybridized carbons (Fsp3) is 0.588. The molecule has 0 spiro atoms. The highest BCUT2D eigenvalue weighted by Crippen LogP contribution is 2.33. The number of amides is 1. The van der Waals surface area contributed by atoms with Gasteiger partial charge in [0.25, 0.3) is 0 Å². The molecular formula is C17H24ClFN2O. The lowest BCUT2D eigenvalue weighted by Gasteiger charge is -2.24. The Morgan fingerprint density at radius 3 is 2.68 bits per heavy atom. The van der Waals surface area contributed by atoms with Crippen molar-refractivity contribution in [3.05, 3.63) is 35.6 Å². The average molecular weight is 327 g/mol. The van der Waals surface area contributed by atoms with Crippen LogP contribution in [0.15, 0.2) is 24.3 Å². The lowest BCUT2D eigenvalue weighted by atomic mass is 9.85. The lowest BCUT2D eigenvalue weighted by Crippen LogP contribution is -2.43. The van der Waals surface area contributed by atoms with Crippen molar-refractivity contribution in [1.82, 2.24) is 10.6 Å². The largest absolute Gasteiger partial charge is 0.354 e. The molecule has 1 aliphatic heterocycles. The highest BCUT2D eigenvalue weighted by atomic mass is 35.5. The van der Waals surface area contributed by atoms with Gasteiger partial charge in [-0.2, -0.15) is 0 Å². The quantitative estimate of drug-likeness (QED) is 0.893. The normalized spacial score (nSPS) is 26.9. The summed E-state index contributed by atoms with van der Waals surface area (Å²) in [5.74, 6) is 0.582. The number of fused-ring (bicyclic) bond motifs is 1. The summed E-state index contributed by atoms with van der Waals surface area (Å²) in [6.07, 6.45) is 6.79. The van der Waals surface area contributed by atoms with Gasteiger partial charge in [0.15, 0.2) is 0 Å². The van der Waals surface area contributed by atoms with Crippen molar-refractivity contribution >= 4 is 18.3 Å². The molecule has 1 heterocycles. The van der Waals surface area contributed by atoms with Gasteiger partial charge in [0.05, 0.1) is 6.04 Å². The summed E-state index contributed by atoms with van der Waals surface area (Å²) in [7, 11) is 0. The second kappa shape index (κ2) is 7.93. The van der Waals surface area contributed by atoms with E-state index in [0.29, 0.717) is 18.5 Å². The van der Waals surface area contributed by atoms with Crippen LogP contribution in [0.25, 0.3) is 0 Å². The minimum atomic E-state index is -0.222. The maximum Gasteiger partial charge on any atom is 0.237 e. The predicted octanol–water partition coefficient (Wildman–Crippen LogP) is 2.83. The highest BCUT2D eigenvalue weighted by molar-refractivity contribution is 5.85. The Labute approximate surface area is 137 Å². The molecule has 1 aromatic rings. The van der Waals surface area contributed by atoms with Crippen LogP contribution in [-0.4, -0.2) is 24.5 Å². The summed E-state index contributed by atoms with van der Waals surface area (Å²) in [6, 6.07) is 6.98. The Morgan fingerprint density at radius 1 is 1.23 bits per heavy atom. The molecule has 1 saturated heterocycles. The second-order valence-electron chi connectivity index (χ2n) is 6.27. The summed E-state index contributed by atoms with van der Waals surface area (Å²) in [5, 5.41) is 6.49. The zero-order valence-corrected chi connectivity index (χ0v) is 13.5. The van der Waals surface area contributed by atoms with Crippen LogP contribution in [0.4, 0.5) is 4.39 Å². The SMILES string of the molecule is Cl.O=C(NCCc1ccc(F)cc1)C1CC2CCCCC2N1. The lowest BCUT2D eigenvalue weighted by molar-refractivity contribution is -0.122. The molecule has 1 aliphatic carbocycles. The first-order valence-corrected chi connectivity index (χ1v) is 8.00. The highest BCUT2D eigenvalue weighted by Gasteiger charge is 2.37. The van der Waals surface area contributed by atoms with Crippen molar-refractivity contribution in [2.45, 2.75) is 50.6 Å². The molecule has 0 aromatic heterocycles. The maximum absolute atomic E-state index is 12.8. The van der Waals surface area contributed by atoms with Crippen LogP contribution in [0, 0.1) is 11.7 Å². The number of halogens is 2. The van der Waals surface area contributed by atoms with Crippen LogP contribution in [0.1, 0.15) is 37.7 Å². The van der Waals surface area contributed by atoms with E-state index in [1.54, 1.807) is 12.1 Å². The third kappa shape index (κ3) is 4.20. The maximum atomic E-state index is 12.8. The van der Waals surface area contributed by atoms with Gasteiger partial charge in [0.2, 0.25) is 5.91 Å². The number of rotatable bonds is 4. The summed E-state index contributed by atoms with van der Waals surface area (Å²) in [6.45, 7) is 0.609.